The van der Waals surface area contributed by atoms with Crippen molar-refractivity contribution in [3.05, 3.63) is 101 Å². The Kier molecular flexibility index (Phi) is 6.52. The first kappa shape index (κ1) is 19.0. The van der Waals surface area contributed by atoms with E-state index >= 15 is 0 Å². The molecule has 5 heteroatoms. The molecule has 0 aliphatic carbocycles. The van der Waals surface area contributed by atoms with E-state index < -0.39 is 6.10 Å². The van der Waals surface area contributed by atoms with Crippen LogP contribution in [0.1, 0.15) is 22.8 Å². The summed E-state index contributed by atoms with van der Waals surface area (Å²) < 4.78 is 31.7. The number of hydrogen-bond acceptors (Lipinski definition) is 3. The number of aliphatic hydroxyl groups is 1. The van der Waals surface area contributed by atoms with Gasteiger partial charge in [0.15, 0.2) is 0 Å². The highest BCUT2D eigenvalue weighted by Crippen LogP contribution is 2.16. The minimum Gasteiger partial charge on any atom is -0.489 e. The number of nitrogens with one attached hydrogen (secondary N) is 1. The fourth-order valence-corrected chi connectivity index (χ4v) is 2.65. The Labute approximate surface area is 157 Å². The second-order valence-electron chi connectivity index (χ2n) is 6.26. The quantitative estimate of drug-likeness (QED) is 0.620. The van der Waals surface area contributed by atoms with Gasteiger partial charge in [-0.1, -0.05) is 36.4 Å². The van der Waals surface area contributed by atoms with Crippen molar-refractivity contribution in [2.45, 2.75) is 19.3 Å². The summed E-state index contributed by atoms with van der Waals surface area (Å²) in [5, 5.41) is 13.3. The van der Waals surface area contributed by atoms with Crippen LogP contribution in [0.25, 0.3) is 0 Å². The Morgan fingerprint density at radius 3 is 2.30 bits per heavy atom. The summed E-state index contributed by atoms with van der Waals surface area (Å²) in [5.41, 5.74) is 2.49. The van der Waals surface area contributed by atoms with E-state index in [-0.39, 0.29) is 11.6 Å². The van der Waals surface area contributed by atoms with Crippen molar-refractivity contribution < 1.29 is 18.6 Å². The monoisotopic (exact) mass is 369 g/mol. The predicted octanol–water partition coefficient (Wildman–Crippen LogP) is 4.37. The predicted molar refractivity (Wildman–Crippen MR) is 100 cm³/mol. The molecule has 0 fully saturated rings. The fraction of sp³-hybridized carbons (Fsp3) is 0.182. The maximum absolute atomic E-state index is 13.2. The van der Waals surface area contributed by atoms with E-state index in [2.05, 4.69) is 5.32 Å². The first-order valence-corrected chi connectivity index (χ1v) is 8.70. The van der Waals surface area contributed by atoms with Crippen molar-refractivity contribution in [2.24, 2.45) is 0 Å². The Morgan fingerprint density at radius 2 is 1.59 bits per heavy atom. The maximum atomic E-state index is 13.2. The average Bonchev–Trinajstić information content (AvgIpc) is 2.68. The molecule has 0 saturated carbocycles. The van der Waals surface area contributed by atoms with Gasteiger partial charge < -0.3 is 15.2 Å². The molecule has 0 heterocycles. The highest BCUT2D eigenvalue weighted by molar-refractivity contribution is 5.28. The van der Waals surface area contributed by atoms with Crippen LogP contribution in [-0.2, 0) is 13.2 Å². The van der Waals surface area contributed by atoms with Crippen LogP contribution in [0.5, 0.6) is 5.75 Å². The molecule has 27 heavy (non-hydrogen) atoms. The zero-order chi connectivity index (χ0) is 19.1. The smallest absolute Gasteiger partial charge is 0.123 e. The number of rotatable bonds is 8. The first-order chi connectivity index (χ1) is 13.1. The van der Waals surface area contributed by atoms with Crippen LogP contribution >= 0.6 is 0 Å². The van der Waals surface area contributed by atoms with E-state index in [1.165, 1.54) is 24.3 Å². The number of halogens is 2. The van der Waals surface area contributed by atoms with Gasteiger partial charge in [0.1, 0.15) is 24.0 Å². The molecule has 0 radical (unpaired) electrons. The number of benzene rings is 3. The van der Waals surface area contributed by atoms with Crippen LogP contribution in [0.2, 0.25) is 0 Å². The van der Waals surface area contributed by atoms with E-state index in [1.807, 2.05) is 30.3 Å². The molecule has 3 aromatic carbocycles. The lowest BCUT2D eigenvalue weighted by Gasteiger charge is -2.13. The molecular weight excluding hydrogens is 348 g/mol. The van der Waals surface area contributed by atoms with E-state index in [0.29, 0.717) is 31.0 Å². The third-order valence-corrected chi connectivity index (χ3v) is 4.14. The van der Waals surface area contributed by atoms with Gasteiger partial charge in [0, 0.05) is 13.1 Å². The number of aliphatic hydroxyl groups excluding tert-OH is 1. The van der Waals surface area contributed by atoms with Crippen molar-refractivity contribution in [3.8, 4) is 5.75 Å². The number of hydrogen-bond donors (Lipinski definition) is 2. The van der Waals surface area contributed by atoms with Crippen LogP contribution in [-0.4, -0.2) is 11.7 Å². The summed E-state index contributed by atoms with van der Waals surface area (Å²) in [7, 11) is 0. The highest BCUT2D eigenvalue weighted by Gasteiger charge is 2.07. The second kappa shape index (κ2) is 9.26. The Morgan fingerprint density at radius 1 is 0.852 bits per heavy atom. The summed E-state index contributed by atoms with van der Waals surface area (Å²) in [4.78, 5) is 0. The van der Waals surface area contributed by atoms with E-state index in [9.17, 15) is 13.9 Å². The molecule has 1 atom stereocenters. The molecule has 3 nitrogen and oxygen atoms in total. The Hall–Kier alpha value is -2.76. The lowest BCUT2D eigenvalue weighted by molar-refractivity contribution is 0.174. The summed E-state index contributed by atoms with van der Waals surface area (Å²) in [6.45, 7) is 1.26. The average molecular weight is 369 g/mol. The molecule has 0 aromatic heterocycles. The van der Waals surface area contributed by atoms with Gasteiger partial charge >= 0.3 is 0 Å². The van der Waals surface area contributed by atoms with Gasteiger partial charge in [-0.15, -0.1) is 0 Å². The van der Waals surface area contributed by atoms with Crippen LogP contribution in [0.15, 0.2) is 72.8 Å². The Balaban J connectivity index is 1.44. The van der Waals surface area contributed by atoms with Gasteiger partial charge in [0.05, 0.1) is 6.10 Å². The summed E-state index contributed by atoms with van der Waals surface area (Å²) in [6.07, 6.45) is -0.695. The summed E-state index contributed by atoms with van der Waals surface area (Å²) in [5.74, 6) is 0.105. The van der Waals surface area contributed by atoms with Crippen molar-refractivity contribution in [3.63, 3.8) is 0 Å². The minimum absolute atomic E-state index is 0.277. The molecule has 140 valence electrons. The van der Waals surface area contributed by atoms with E-state index in [4.69, 9.17) is 4.74 Å². The Bertz CT molecular complexity index is 851. The summed E-state index contributed by atoms with van der Waals surface area (Å²) in [6, 6.07) is 19.7. The van der Waals surface area contributed by atoms with Gasteiger partial charge in [0.2, 0.25) is 0 Å². The molecular formula is C22H21F2NO2. The van der Waals surface area contributed by atoms with Crippen molar-refractivity contribution in [2.75, 3.05) is 6.54 Å². The van der Waals surface area contributed by atoms with Gasteiger partial charge in [-0.05, 0) is 53.1 Å². The van der Waals surface area contributed by atoms with Crippen LogP contribution in [0.4, 0.5) is 8.78 Å². The maximum Gasteiger partial charge on any atom is 0.123 e. The summed E-state index contributed by atoms with van der Waals surface area (Å²) >= 11 is 0. The van der Waals surface area contributed by atoms with Crippen molar-refractivity contribution >= 4 is 0 Å². The topological polar surface area (TPSA) is 41.5 Å². The molecule has 0 bridgehead atoms. The molecule has 2 N–H and O–H groups in total. The first-order valence-electron chi connectivity index (χ1n) is 8.70. The van der Waals surface area contributed by atoms with Crippen LogP contribution in [0, 0.1) is 11.6 Å². The molecule has 0 amide bonds. The van der Waals surface area contributed by atoms with Gasteiger partial charge in [-0.3, -0.25) is 0 Å². The molecule has 3 aromatic rings. The largest absolute Gasteiger partial charge is 0.489 e. The zero-order valence-electron chi connectivity index (χ0n) is 14.7. The van der Waals surface area contributed by atoms with Gasteiger partial charge in [0.25, 0.3) is 0 Å². The van der Waals surface area contributed by atoms with Crippen molar-refractivity contribution in [1.29, 1.82) is 0 Å². The van der Waals surface area contributed by atoms with Crippen LogP contribution < -0.4 is 10.1 Å². The minimum atomic E-state index is -0.695. The van der Waals surface area contributed by atoms with E-state index in [0.717, 1.165) is 11.1 Å². The van der Waals surface area contributed by atoms with Crippen LogP contribution in [0.3, 0.4) is 0 Å². The SMILES string of the molecule is OC(CNCc1ccc(OCc2cccc(F)c2)cc1)c1ccc(F)cc1. The third-order valence-electron chi connectivity index (χ3n) is 4.14. The molecule has 0 aliphatic rings. The molecule has 1 unspecified atom stereocenters. The second-order valence-corrected chi connectivity index (χ2v) is 6.26. The molecule has 0 saturated heterocycles. The third kappa shape index (κ3) is 5.88. The lowest BCUT2D eigenvalue weighted by atomic mass is 10.1. The number of ether oxygens (including phenoxy) is 1. The van der Waals surface area contributed by atoms with E-state index in [1.54, 1.807) is 18.2 Å². The standard InChI is InChI=1S/C22H21F2NO2/c23-19-8-6-18(7-9-19)22(26)14-25-13-16-4-10-21(11-5-16)27-15-17-2-1-3-20(24)12-17/h1-12,22,25-26H,13-15H2. The zero-order valence-corrected chi connectivity index (χ0v) is 14.7. The fourth-order valence-electron chi connectivity index (χ4n) is 2.65. The molecule has 0 spiro atoms. The van der Waals surface area contributed by atoms with Crippen molar-refractivity contribution in [1.82, 2.24) is 5.32 Å². The van der Waals surface area contributed by atoms with Gasteiger partial charge in [-0.2, -0.15) is 0 Å². The van der Waals surface area contributed by atoms with Gasteiger partial charge in [-0.25, -0.2) is 8.78 Å². The molecule has 0 aliphatic heterocycles. The normalized spacial score (nSPS) is 12.0. The molecule has 3 rings (SSSR count). The lowest BCUT2D eigenvalue weighted by Crippen LogP contribution is -2.21. The highest BCUT2D eigenvalue weighted by atomic mass is 19.1.